The van der Waals surface area contributed by atoms with Gasteiger partial charge in [0, 0.05) is 13.1 Å². The first kappa shape index (κ1) is 18.9. The number of nitrogens with zero attached hydrogens (tertiary/aromatic N) is 1. The number of esters is 1. The lowest BCUT2D eigenvalue weighted by Crippen LogP contribution is -2.35. The standard InChI is InChI=1S/C19H20N2O5S/c1-13-10-14-6-3-4-9-17(14)21(13)27(24,25)16-8-5-7-15(11-16)19(23)26-12-18(22)20-2/h3-9,11,13H,10,12H2,1-2H3,(H,20,22). The molecule has 1 N–H and O–H groups in total. The van der Waals surface area contributed by atoms with Crippen LogP contribution < -0.4 is 9.62 Å². The van der Waals surface area contributed by atoms with Crippen molar-refractivity contribution in [2.75, 3.05) is 18.0 Å². The fraction of sp³-hybridized carbons (Fsp3) is 0.263. The number of nitrogens with one attached hydrogen (secondary N) is 1. The zero-order chi connectivity index (χ0) is 19.6. The van der Waals surface area contributed by atoms with E-state index < -0.39 is 28.5 Å². The van der Waals surface area contributed by atoms with Crippen molar-refractivity contribution in [1.29, 1.82) is 0 Å². The van der Waals surface area contributed by atoms with Gasteiger partial charge in [-0.3, -0.25) is 9.10 Å². The van der Waals surface area contributed by atoms with Gasteiger partial charge in [0.2, 0.25) is 0 Å². The number of hydrogen-bond donors (Lipinski definition) is 1. The van der Waals surface area contributed by atoms with Gasteiger partial charge in [-0.05, 0) is 43.2 Å². The molecule has 1 heterocycles. The van der Waals surface area contributed by atoms with Gasteiger partial charge in [-0.25, -0.2) is 13.2 Å². The molecule has 0 aromatic heterocycles. The summed E-state index contributed by atoms with van der Waals surface area (Å²) >= 11 is 0. The minimum Gasteiger partial charge on any atom is -0.452 e. The SMILES string of the molecule is CNC(=O)COC(=O)c1cccc(S(=O)(=O)N2c3ccccc3CC2C)c1. The molecule has 3 rings (SSSR count). The van der Waals surface area contributed by atoms with Crippen molar-refractivity contribution in [3.8, 4) is 0 Å². The Morgan fingerprint density at radius 2 is 1.93 bits per heavy atom. The first-order chi connectivity index (χ1) is 12.8. The Hall–Kier alpha value is -2.87. The highest BCUT2D eigenvalue weighted by molar-refractivity contribution is 7.92. The number of hydrogen-bond acceptors (Lipinski definition) is 5. The van der Waals surface area contributed by atoms with E-state index in [1.165, 1.54) is 35.6 Å². The maximum absolute atomic E-state index is 13.2. The van der Waals surface area contributed by atoms with E-state index in [0.29, 0.717) is 12.1 Å². The molecule has 2 aromatic carbocycles. The van der Waals surface area contributed by atoms with Gasteiger partial charge in [0.05, 0.1) is 16.1 Å². The lowest BCUT2D eigenvalue weighted by atomic mass is 10.1. The van der Waals surface area contributed by atoms with E-state index in [2.05, 4.69) is 5.32 Å². The second-order valence-corrected chi connectivity index (χ2v) is 8.07. The van der Waals surface area contributed by atoms with Gasteiger partial charge in [-0.15, -0.1) is 0 Å². The van der Waals surface area contributed by atoms with E-state index in [9.17, 15) is 18.0 Å². The molecule has 0 radical (unpaired) electrons. The third-order valence-corrected chi connectivity index (χ3v) is 6.31. The van der Waals surface area contributed by atoms with Crippen LogP contribution in [0.5, 0.6) is 0 Å². The lowest BCUT2D eigenvalue weighted by Gasteiger charge is -2.24. The fourth-order valence-corrected chi connectivity index (χ4v) is 4.83. The molecule has 7 nitrogen and oxygen atoms in total. The summed E-state index contributed by atoms with van der Waals surface area (Å²) in [5.74, 6) is -1.21. The van der Waals surface area contributed by atoms with Crippen molar-refractivity contribution in [3.63, 3.8) is 0 Å². The van der Waals surface area contributed by atoms with Crippen LogP contribution >= 0.6 is 0 Å². The molecule has 0 aliphatic carbocycles. The number of benzene rings is 2. The molecule has 1 amide bonds. The lowest BCUT2D eigenvalue weighted by molar-refractivity contribution is -0.123. The van der Waals surface area contributed by atoms with Gasteiger partial charge < -0.3 is 10.1 Å². The summed E-state index contributed by atoms with van der Waals surface area (Å²) in [5.41, 5.74) is 1.69. The summed E-state index contributed by atoms with van der Waals surface area (Å²) in [6.45, 7) is 1.42. The number of sulfonamides is 1. The summed E-state index contributed by atoms with van der Waals surface area (Å²) in [5, 5.41) is 2.34. The summed E-state index contributed by atoms with van der Waals surface area (Å²) in [4.78, 5) is 23.3. The van der Waals surface area contributed by atoms with Crippen LogP contribution in [-0.4, -0.2) is 40.0 Å². The average molecular weight is 388 g/mol. The first-order valence-electron chi connectivity index (χ1n) is 8.44. The molecule has 0 bridgehead atoms. The van der Waals surface area contributed by atoms with Crippen molar-refractivity contribution >= 4 is 27.6 Å². The smallest absolute Gasteiger partial charge is 0.338 e. The fourth-order valence-electron chi connectivity index (χ4n) is 3.09. The summed E-state index contributed by atoms with van der Waals surface area (Å²) < 4.78 is 32.7. The molecule has 1 atom stereocenters. The molecule has 1 aliphatic heterocycles. The van der Waals surface area contributed by atoms with Crippen molar-refractivity contribution in [2.45, 2.75) is 24.3 Å². The maximum atomic E-state index is 13.2. The number of rotatable bonds is 5. The van der Waals surface area contributed by atoms with E-state index in [4.69, 9.17) is 4.74 Å². The topological polar surface area (TPSA) is 92.8 Å². The third kappa shape index (κ3) is 3.66. The molecule has 0 saturated heterocycles. The van der Waals surface area contributed by atoms with Crippen LogP contribution in [-0.2, 0) is 26.0 Å². The van der Waals surface area contributed by atoms with Crippen LogP contribution in [0, 0.1) is 0 Å². The second-order valence-electron chi connectivity index (χ2n) is 6.26. The number of ether oxygens (including phenoxy) is 1. The Kier molecular flexibility index (Phi) is 5.18. The molecule has 0 saturated carbocycles. The third-order valence-electron chi connectivity index (χ3n) is 4.38. The Bertz CT molecular complexity index is 987. The van der Waals surface area contributed by atoms with Gasteiger partial charge in [-0.1, -0.05) is 24.3 Å². The van der Waals surface area contributed by atoms with Crippen LogP contribution in [0.3, 0.4) is 0 Å². The van der Waals surface area contributed by atoms with Crippen LogP contribution in [0.15, 0.2) is 53.4 Å². The molecular weight excluding hydrogens is 368 g/mol. The predicted molar refractivity (Wildman–Crippen MR) is 100 cm³/mol. The van der Waals surface area contributed by atoms with Gasteiger partial charge >= 0.3 is 5.97 Å². The Morgan fingerprint density at radius 3 is 2.67 bits per heavy atom. The number of amides is 1. The van der Waals surface area contributed by atoms with Crippen LogP contribution in [0.2, 0.25) is 0 Å². The minimum absolute atomic E-state index is 0.000413. The zero-order valence-electron chi connectivity index (χ0n) is 15.0. The molecule has 0 spiro atoms. The number of likely N-dealkylation sites (N-methyl/N-ethyl adjacent to an activating group) is 1. The number of anilines is 1. The highest BCUT2D eigenvalue weighted by Gasteiger charge is 2.36. The predicted octanol–water partition coefficient (Wildman–Crippen LogP) is 1.73. The molecule has 142 valence electrons. The number of fused-ring (bicyclic) bond motifs is 1. The average Bonchev–Trinajstić information content (AvgIpc) is 3.02. The van der Waals surface area contributed by atoms with Crippen molar-refractivity contribution in [1.82, 2.24) is 5.32 Å². The van der Waals surface area contributed by atoms with Crippen LogP contribution in [0.4, 0.5) is 5.69 Å². The van der Waals surface area contributed by atoms with E-state index >= 15 is 0 Å². The molecule has 0 fully saturated rings. The Morgan fingerprint density at radius 1 is 1.19 bits per heavy atom. The Balaban J connectivity index is 1.90. The maximum Gasteiger partial charge on any atom is 0.338 e. The van der Waals surface area contributed by atoms with E-state index in [1.54, 1.807) is 12.1 Å². The molecule has 2 aromatic rings. The molecule has 27 heavy (non-hydrogen) atoms. The quantitative estimate of drug-likeness (QED) is 0.788. The molecular formula is C19H20N2O5S. The first-order valence-corrected chi connectivity index (χ1v) is 9.88. The van der Waals surface area contributed by atoms with Crippen molar-refractivity contribution in [2.24, 2.45) is 0 Å². The largest absolute Gasteiger partial charge is 0.452 e. The van der Waals surface area contributed by atoms with Crippen molar-refractivity contribution in [3.05, 3.63) is 59.7 Å². The minimum atomic E-state index is -3.85. The number of para-hydroxylation sites is 1. The van der Waals surface area contributed by atoms with Gasteiger partial charge in [0.25, 0.3) is 15.9 Å². The van der Waals surface area contributed by atoms with Crippen LogP contribution in [0.25, 0.3) is 0 Å². The highest BCUT2D eigenvalue weighted by Crippen LogP contribution is 2.36. The number of carbonyl (C=O) groups excluding carboxylic acids is 2. The van der Waals surface area contributed by atoms with Gasteiger partial charge in [-0.2, -0.15) is 0 Å². The molecule has 8 heteroatoms. The zero-order valence-corrected chi connectivity index (χ0v) is 15.8. The van der Waals surface area contributed by atoms with Gasteiger partial charge in [0.1, 0.15) is 0 Å². The van der Waals surface area contributed by atoms with E-state index in [-0.39, 0.29) is 16.5 Å². The monoisotopic (exact) mass is 388 g/mol. The van der Waals surface area contributed by atoms with Gasteiger partial charge in [0.15, 0.2) is 6.61 Å². The highest BCUT2D eigenvalue weighted by atomic mass is 32.2. The van der Waals surface area contributed by atoms with Crippen LogP contribution in [0.1, 0.15) is 22.8 Å². The Labute approximate surface area is 158 Å². The number of carbonyl (C=O) groups is 2. The normalized spacial score (nSPS) is 15.9. The van der Waals surface area contributed by atoms with Crippen molar-refractivity contribution < 1.29 is 22.7 Å². The van der Waals surface area contributed by atoms with E-state index in [1.807, 2.05) is 19.1 Å². The molecule has 1 unspecified atom stereocenters. The second kappa shape index (κ2) is 7.40. The summed E-state index contributed by atoms with van der Waals surface area (Å²) in [7, 11) is -2.42. The summed E-state index contributed by atoms with van der Waals surface area (Å²) in [6, 6.07) is 12.8. The molecule has 1 aliphatic rings. The summed E-state index contributed by atoms with van der Waals surface area (Å²) in [6.07, 6.45) is 0.628. The van der Waals surface area contributed by atoms with E-state index in [0.717, 1.165) is 5.56 Å².